The number of halogens is 1. The molecule has 2 aromatic carbocycles. The first kappa shape index (κ1) is 19.2. The molecule has 0 aliphatic rings. The van der Waals surface area contributed by atoms with Crippen molar-refractivity contribution in [2.45, 2.75) is 38.0 Å². The molecule has 0 radical (unpaired) electrons. The summed E-state index contributed by atoms with van der Waals surface area (Å²) in [7, 11) is 0. The Labute approximate surface area is 152 Å². The second-order valence-electron chi connectivity index (χ2n) is 6.87. The lowest BCUT2D eigenvalue weighted by molar-refractivity contribution is -0.113. The summed E-state index contributed by atoms with van der Waals surface area (Å²) < 4.78 is 13.9. The minimum absolute atomic E-state index is 0.0575. The molecule has 0 unspecified atom stereocenters. The molecule has 1 amide bonds. The highest BCUT2D eigenvalue weighted by molar-refractivity contribution is 8.00. The summed E-state index contributed by atoms with van der Waals surface area (Å²) in [4.78, 5) is 23.6. The molecule has 25 heavy (non-hydrogen) atoms. The van der Waals surface area contributed by atoms with Crippen molar-refractivity contribution in [1.29, 1.82) is 0 Å². The zero-order chi connectivity index (χ0) is 18.6. The molecule has 0 aliphatic heterocycles. The molecule has 0 spiro atoms. The van der Waals surface area contributed by atoms with Gasteiger partial charge in [0.25, 0.3) is 0 Å². The third-order valence-electron chi connectivity index (χ3n) is 3.73. The van der Waals surface area contributed by atoms with Crippen LogP contribution in [0.15, 0.2) is 47.4 Å². The molecule has 3 nitrogen and oxygen atoms in total. The van der Waals surface area contributed by atoms with E-state index in [4.69, 9.17) is 0 Å². The Balaban J connectivity index is 1.94. The van der Waals surface area contributed by atoms with E-state index in [9.17, 15) is 14.0 Å². The van der Waals surface area contributed by atoms with Crippen LogP contribution in [0, 0.1) is 5.82 Å². The Morgan fingerprint density at radius 2 is 1.72 bits per heavy atom. The topological polar surface area (TPSA) is 46.2 Å². The number of nitrogens with one attached hydrogen (secondary N) is 1. The third kappa shape index (κ3) is 5.43. The molecular weight excluding hydrogens is 337 g/mol. The van der Waals surface area contributed by atoms with Gasteiger partial charge in [-0.1, -0.05) is 39.0 Å². The molecular formula is C20H22FNO2S. The highest BCUT2D eigenvalue weighted by Gasteiger charge is 2.13. The van der Waals surface area contributed by atoms with Gasteiger partial charge in [0.05, 0.1) is 5.75 Å². The van der Waals surface area contributed by atoms with Crippen LogP contribution in [-0.2, 0) is 10.2 Å². The molecule has 0 saturated heterocycles. The Morgan fingerprint density at radius 1 is 1.08 bits per heavy atom. The Hall–Kier alpha value is -2.14. The number of carbonyl (C=O) groups is 2. The number of benzene rings is 2. The van der Waals surface area contributed by atoms with E-state index in [0.717, 1.165) is 11.8 Å². The average molecular weight is 359 g/mol. The number of anilines is 1. The number of carbonyl (C=O) groups excluding carboxylic acids is 2. The normalized spacial score (nSPS) is 11.2. The second-order valence-corrected chi connectivity index (χ2v) is 7.88. The van der Waals surface area contributed by atoms with Crippen LogP contribution in [0.2, 0.25) is 0 Å². The van der Waals surface area contributed by atoms with Crippen molar-refractivity contribution in [2.24, 2.45) is 0 Å². The van der Waals surface area contributed by atoms with Crippen molar-refractivity contribution in [3.63, 3.8) is 0 Å². The molecule has 0 fully saturated rings. The lowest BCUT2D eigenvalue weighted by Crippen LogP contribution is -2.15. The summed E-state index contributed by atoms with van der Waals surface area (Å²) in [5.74, 6) is -0.785. The first-order valence-corrected chi connectivity index (χ1v) is 8.99. The summed E-state index contributed by atoms with van der Waals surface area (Å²) in [6.07, 6.45) is 0. The van der Waals surface area contributed by atoms with Crippen LogP contribution >= 0.6 is 11.8 Å². The number of rotatable bonds is 5. The number of thioether (sulfide) groups is 1. The maximum Gasteiger partial charge on any atom is 0.234 e. The van der Waals surface area contributed by atoms with Crippen LogP contribution in [0.3, 0.4) is 0 Å². The summed E-state index contributed by atoms with van der Waals surface area (Å²) in [5.41, 5.74) is 2.28. The van der Waals surface area contributed by atoms with Crippen molar-refractivity contribution < 1.29 is 14.0 Å². The summed E-state index contributed by atoms with van der Waals surface area (Å²) in [5, 5.41) is 2.80. The maximum absolute atomic E-state index is 13.9. The van der Waals surface area contributed by atoms with Crippen molar-refractivity contribution in [1.82, 2.24) is 0 Å². The monoisotopic (exact) mass is 359 g/mol. The van der Waals surface area contributed by atoms with E-state index in [1.807, 2.05) is 24.3 Å². The highest BCUT2D eigenvalue weighted by atomic mass is 32.2. The summed E-state index contributed by atoms with van der Waals surface area (Å²) in [6, 6.07) is 12.0. The van der Waals surface area contributed by atoms with Gasteiger partial charge in [0.2, 0.25) is 5.91 Å². The molecule has 1 N–H and O–H groups in total. The van der Waals surface area contributed by atoms with Crippen molar-refractivity contribution in [2.75, 3.05) is 11.1 Å². The van der Waals surface area contributed by atoms with Crippen LogP contribution in [0.25, 0.3) is 0 Å². The fraction of sp³-hybridized carbons (Fsp3) is 0.300. The predicted molar refractivity (Wildman–Crippen MR) is 101 cm³/mol. The molecule has 0 atom stereocenters. The van der Waals surface area contributed by atoms with Gasteiger partial charge in [0.15, 0.2) is 5.78 Å². The molecule has 2 rings (SSSR count). The first-order valence-electron chi connectivity index (χ1n) is 8.00. The van der Waals surface area contributed by atoms with Crippen molar-refractivity contribution in [3.05, 3.63) is 59.4 Å². The van der Waals surface area contributed by atoms with Crippen LogP contribution in [0.5, 0.6) is 0 Å². The van der Waals surface area contributed by atoms with E-state index in [1.54, 1.807) is 6.07 Å². The van der Waals surface area contributed by atoms with Crippen molar-refractivity contribution in [3.8, 4) is 0 Å². The quantitative estimate of drug-likeness (QED) is 0.600. The van der Waals surface area contributed by atoms with Gasteiger partial charge in [-0.3, -0.25) is 9.59 Å². The number of hydrogen-bond acceptors (Lipinski definition) is 3. The van der Waals surface area contributed by atoms with E-state index in [-0.39, 0.29) is 22.9 Å². The van der Waals surface area contributed by atoms with Gasteiger partial charge in [-0.2, -0.15) is 0 Å². The van der Waals surface area contributed by atoms with E-state index in [1.165, 1.54) is 24.6 Å². The molecule has 0 bridgehead atoms. The zero-order valence-electron chi connectivity index (χ0n) is 14.9. The molecule has 0 heterocycles. The molecule has 0 saturated carbocycles. The predicted octanol–water partition coefficient (Wildman–Crippen LogP) is 5.06. The van der Waals surface area contributed by atoms with Gasteiger partial charge >= 0.3 is 0 Å². The molecule has 5 heteroatoms. The Kier molecular flexibility index (Phi) is 6.01. The largest absolute Gasteiger partial charge is 0.325 e. The van der Waals surface area contributed by atoms with Crippen LogP contribution in [-0.4, -0.2) is 17.4 Å². The number of Topliss-reactive ketones (excluding diaryl/α,β-unsaturated/α-hetero) is 1. The molecule has 0 aliphatic carbocycles. The van der Waals surface area contributed by atoms with Crippen LogP contribution in [0.4, 0.5) is 10.1 Å². The lowest BCUT2D eigenvalue weighted by Gasteiger charge is -2.19. The maximum atomic E-state index is 13.9. The number of hydrogen-bond donors (Lipinski definition) is 1. The van der Waals surface area contributed by atoms with Gasteiger partial charge in [-0.25, -0.2) is 4.39 Å². The fourth-order valence-electron chi connectivity index (χ4n) is 2.23. The summed E-state index contributed by atoms with van der Waals surface area (Å²) >= 11 is 1.10. The Bertz CT molecular complexity index is 779. The van der Waals surface area contributed by atoms with Gasteiger partial charge in [-0.15, -0.1) is 11.8 Å². The van der Waals surface area contributed by atoms with Crippen LogP contribution < -0.4 is 5.32 Å². The minimum atomic E-state index is -0.486. The van der Waals surface area contributed by atoms with E-state index < -0.39 is 5.82 Å². The second kappa shape index (κ2) is 7.83. The smallest absolute Gasteiger partial charge is 0.234 e. The fourth-order valence-corrected chi connectivity index (χ4v) is 2.95. The zero-order valence-corrected chi connectivity index (χ0v) is 15.7. The highest BCUT2D eigenvalue weighted by Crippen LogP contribution is 2.25. The van der Waals surface area contributed by atoms with Gasteiger partial charge < -0.3 is 5.32 Å². The average Bonchev–Trinajstić information content (AvgIpc) is 2.53. The SMILES string of the molecule is CC(=O)c1ccc(SCC(=O)Nc2ccc(C(C)(C)C)cc2)c(F)c1. The number of ketones is 1. The lowest BCUT2D eigenvalue weighted by atomic mass is 9.87. The molecule has 2 aromatic rings. The standard InChI is InChI=1S/C20H22FNO2S/c1-13(23)14-5-10-18(17(21)11-14)25-12-19(24)22-16-8-6-15(7-9-16)20(2,3)4/h5-11H,12H2,1-4H3,(H,22,24). The van der Waals surface area contributed by atoms with E-state index in [0.29, 0.717) is 16.1 Å². The van der Waals surface area contributed by atoms with Gasteiger partial charge in [0.1, 0.15) is 5.82 Å². The number of amides is 1. The van der Waals surface area contributed by atoms with Gasteiger partial charge in [0, 0.05) is 16.1 Å². The third-order valence-corrected chi connectivity index (χ3v) is 4.78. The van der Waals surface area contributed by atoms with E-state index >= 15 is 0 Å². The Morgan fingerprint density at radius 3 is 2.24 bits per heavy atom. The first-order chi connectivity index (χ1) is 11.7. The van der Waals surface area contributed by atoms with Crippen molar-refractivity contribution >= 4 is 29.1 Å². The van der Waals surface area contributed by atoms with E-state index in [2.05, 4.69) is 26.1 Å². The van der Waals surface area contributed by atoms with Crippen LogP contribution in [0.1, 0.15) is 43.6 Å². The summed E-state index contributed by atoms with van der Waals surface area (Å²) in [6.45, 7) is 7.77. The molecule has 132 valence electrons. The molecule has 0 aromatic heterocycles. The minimum Gasteiger partial charge on any atom is -0.325 e. The van der Waals surface area contributed by atoms with Gasteiger partial charge in [-0.05, 0) is 42.2 Å².